The van der Waals surface area contributed by atoms with E-state index in [1.165, 1.54) is 37.7 Å². The van der Waals surface area contributed by atoms with Crippen LogP contribution in [0.3, 0.4) is 0 Å². The number of anilines is 3. The van der Waals surface area contributed by atoms with Crippen molar-refractivity contribution < 1.29 is 4.79 Å². The van der Waals surface area contributed by atoms with Crippen LogP contribution in [0.2, 0.25) is 0 Å². The summed E-state index contributed by atoms with van der Waals surface area (Å²) in [6.45, 7) is 0. The Labute approximate surface area is 218 Å². The van der Waals surface area contributed by atoms with Gasteiger partial charge in [-0.15, -0.1) is 0 Å². The fourth-order valence-corrected chi connectivity index (χ4v) is 11.6. The van der Waals surface area contributed by atoms with Gasteiger partial charge in [0.05, 0.1) is 0 Å². The van der Waals surface area contributed by atoms with Crippen LogP contribution in [0.4, 0.5) is 17.1 Å². The Morgan fingerprint density at radius 3 is 1.70 bits per heavy atom. The van der Waals surface area contributed by atoms with Gasteiger partial charge in [-0.05, 0) is 69.5 Å². The van der Waals surface area contributed by atoms with Gasteiger partial charge in [0.2, 0.25) is 0 Å². The molecule has 0 radical (unpaired) electrons. The average Bonchev–Trinajstić information content (AvgIpc) is 2.97. The molecular formula is C34H27NOSi. The highest BCUT2D eigenvalue weighted by Gasteiger charge is 2.48. The van der Waals surface area contributed by atoms with E-state index in [1.807, 2.05) is 6.07 Å². The van der Waals surface area contributed by atoms with Crippen LogP contribution in [0.5, 0.6) is 0 Å². The highest BCUT2D eigenvalue weighted by molar-refractivity contribution is 7.21. The number of Topliss-reactive ketones (excluding diaryl/α,β-unsaturated/α-hetero) is 1. The zero-order valence-corrected chi connectivity index (χ0v) is 21.6. The van der Waals surface area contributed by atoms with Crippen molar-refractivity contribution in [1.29, 1.82) is 0 Å². The first kappa shape index (κ1) is 22.0. The highest BCUT2D eigenvalue weighted by atomic mass is 28.3. The maximum Gasteiger partial charge on any atom is 0.184 e. The Balaban J connectivity index is 1.56. The molecule has 1 aliphatic heterocycles. The molecule has 0 atom stereocenters. The van der Waals surface area contributed by atoms with Crippen molar-refractivity contribution in [3.8, 4) is 0 Å². The molecule has 3 heteroatoms. The van der Waals surface area contributed by atoms with E-state index >= 15 is 0 Å². The van der Waals surface area contributed by atoms with Crippen molar-refractivity contribution >= 4 is 51.7 Å². The van der Waals surface area contributed by atoms with Crippen LogP contribution in [-0.4, -0.2) is 13.9 Å². The van der Waals surface area contributed by atoms with Gasteiger partial charge in [-0.1, -0.05) is 97.1 Å². The first-order chi connectivity index (χ1) is 18.3. The summed E-state index contributed by atoms with van der Waals surface area (Å²) in [4.78, 5) is 15.0. The molecule has 5 aromatic carbocycles. The summed E-state index contributed by atoms with van der Waals surface area (Å²) < 4.78 is 0. The number of nitrogens with zero attached hydrogens (tertiary/aromatic N) is 1. The monoisotopic (exact) mass is 493 g/mol. The standard InChI is InChI=1S/C34H27NOSi/c36-32-19-11-12-25-24-26(22-23-29(25)32)35-30-17-7-9-20-33(30)37(27-13-3-1-4-14-27,28-15-5-2-6-16-28)34-21-10-8-18-31(34)35/h1-10,13-18,20-24H,11-12,19H2. The van der Waals surface area contributed by atoms with Crippen LogP contribution in [0.1, 0.15) is 28.8 Å². The van der Waals surface area contributed by atoms with Gasteiger partial charge in [-0.3, -0.25) is 4.79 Å². The smallest absolute Gasteiger partial charge is 0.184 e. The normalized spacial score (nSPS) is 15.5. The molecule has 1 aliphatic carbocycles. The number of carbonyl (C=O) groups is 1. The first-order valence-corrected chi connectivity index (χ1v) is 15.0. The lowest BCUT2D eigenvalue weighted by Gasteiger charge is -2.45. The molecular weight excluding hydrogens is 466 g/mol. The fraction of sp³-hybridized carbons (Fsp3) is 0.0882. The number of benzene rings is 5. The molecule has 2 aliphatic rings. The molecule has 5 aromatic rings. The van der Waals surface area contributed by atoms with E-state index < -0.39 is 8.07 Å². The van der Waals surface area contributed by atoms with Crippen LogP contribution in [0.25, 0.3) is 0 Å². The fourth-order valence-electron chi connectivity index (χ4n) is 6.46. The number of ketones is 1. The molecule has 0 saturated heterocycles. The van der Waals surface area contributed by atoms with Gasteiger partial charge >= 0.3 is 0 Å². The topological polar surface area (TPSA) is 20.3 Å². The van der Waals surface area contributed by atoms with Crippen molar-refractivity contribution in [3.63, 3.8) is 0 Å². The molecule has 0 aromatic heterocycles. The maximum absolute atomic E-state index is 12.6. The van der Waals surface area contributed by atoms with E-state index in [0.29, 0.717) is 6.42 Å². The summed E-state index contributed by atoms with van der Waals surface area (Å²) in [5, 5.41) is 5.55. The predicted molar refractivity (Wildman–Crippen MR) is 156 cm³/mol. The quantitative estimate of drug-likeness (QED) is 0.309. The number of fused-ring (bicyclic) bond motifs is 3. The Morgan fingerprint density at radius 1 is 0.568 bits per heavy atom. The second-order valence-electron chi connectivity index (χ2n) is 9.97. The van der Waals surface area contributed by atoms with Gasteiger partial charge < -0.3 is 4.90 Å². The summed E-state index contributed by atoms with van der Waals surface area (Å²) in [6.07, 6.45) is 2.54. The number of para-hydroxylation sites is 2. The Bertz CT molecular complexity index is 1540. The number of aryl methyl sites for hydroxylation is 1. The molecule has 1 heterocycles. The van der Waals surface area contributed by atoms with E-state index in [1.54, 1.807) is 0 Å². The van der Waals surface area contributed by atoms with E-state index in [2.05, 4.69) is 126 Å². The molecule has 0 fully saturated rings. The molecule has 37 heavy (non-hydrogen) atoms. The van der Waals surface area contributed by atoms with Crippen molar-refractivity contribution in [2.24, 2.45) is 0 Å². The number of rotatable bonds is 3. The molecule has 0 spiro atoms. The third-order valence-corrected chi connectivity index (χ3v) is 12.9. The minimum atomic E-state index is -2.59. The van der Waals surface area contributed by atoms with Crippen LogP contribution >= 0.6 is 0 Å². The zero-order valence-electron chi connectivity index (χ0n) is 20.6. The molecule has 0 N–H and O–H groups in total. The van der Waals surface area contributed by atoms with E-state index in [0.717, 1.165) is 24.1 Å². The number of carbonyl (C=O) groups excluding carboxylic acids is 1. The Kier molecular flexibility index (Phi) is 5.19. The van der Waals surface area contributed by atoms with E-state index in [4.69, 9.17) is 0 Å². The summed E-state index contributed by atoms with van der Waals surface area (Å²) in [5.41, 5.74) is 5.64. The second kappa shape index (κ2) is 8.72. The molecule has 0 amide bonds. The van der Waals surface area contributed by atoms with Gasteiger partial charge in [0, 0.05) is 29.0 Å². The Hall–Kier alpha value is -4.21. The maximum atomic E-state index is 12.6. The minimum absolute atomic E-state index is 0.270. The molecule has 0 unspecified atom stereocenters. The lowest BCUT2D eigenvalue weighted by atomic mass is 9.90. The van der Waals surface area contributed by atoms with Crippen LogP contribution in [0.15, 0.2) is 127 Å². The van der Waals surface area contributed by atoms with Crippen LogP contribution in [-0.2, 0) is 6.42 Å². The largest absolute Gasteiger partial charge is 0.311 e. The molecule has 0 saturated carbocycles. The molecule has 178 valence electrons. The lowest BCUT2D eigenvalue weighted by Crippen LogP contribution is -2.77. The van der Waals surface area contributed by atoms with Crippen molar-refractivity contribution in [1.82, 2.24) is 0 Å². The molecule has 7 rings (SSSR count). The summed E-state index contributed by atoms with van der Waals surface area (Å²) in [6, 6.07) is 46.5. The van der Waals surface area contributed by atoms with E-state index in [-0.39, 0.29) is 5.78 Å². The van der Waals surface area contributed by atoms with Gasteiger partial charge in [-0.25, -0.2) is 0 Å². The lowest BCUT2D eigenvalue weighted by molar-refractivity contribution is 0.0972. The highest BCUT2D eigenvalue weighted by Crippen LogP contribution is 2.39. The van der Waals surface area contributed by atoms with Gasteiger partial charge in [-0.2, -0.15) is 0 Å². The van der Waals surface area contributed by atoms with Crippen molar-refractivity contribution in [2.45, 2.75) is 19.3 Å². The molecule has 2 nitrogen and oxygen atoms in total. The van der Waals surface area contributed by atoms with Crippen LogP contribution in [0, 0.1) is 0 Å². The second-order valence-corrected chi connectivity index (χ2v) is 13.7. The summed E-state index contributed by atoms with van der Waals surface area (Å²) in [7, 11) is -2.59. The first-order valence-electron chi connectivity index (χ1n) is 13.0. The Morgan fingerprint density at radius 2 is 1.11 bits per heavy atom. The van der Waals surface area contributed by atoms with E-state index in [9.17, 15) is 4.79 Å². The zero-order chi connectivity index (χ0) is 24.8. The molecule has 0 bridgehead atoms. The van der Waals surface area contributed by atoms with Crippen molar-refractivity contribution in [3.05, 3.63) is 139 Å². The average molecular weight is 494 g/mol. The van der Waals surface area contributed by atoms with Gasteiger partial charge in [0.1, 0.15) is 0 Å². The summed E-state index contributed by atoms with van der Waals surface area (Å²) in [5.74, 6) is 0.270. The number of hydrogen-bond donors (Lipinski definition) is 0. The number of hydrogen-bond acceptors (Lipinski definition) is 2. The van der Waals surface area contributed by atoms with Crippen LogP contribution < -0.4 is 25.6 Å². The third-order valence-electron chi connectivity index (χ3n) is 8.01. The summed E-state index contributed by atoms with van der Waals surface area (Å²) >= 11 is 0. The van der Waals surface area contributed by atoms with Crippen molar-refractivity contribution in [2.75, 3.05) is 4.90 Å². The predicted octanol–water partition coefficient (Wildman–Crippen LogP) is 5.37. The SMILES string of the molecule is O=C1CCCc2cc(N3c4ccccc4[Si](c4ccccc4)(c4ccccc4)c4ccccc43)ccc21. The van der Waals surface area contributed by atoms with Gasteiger partial charge in [0.25, 0.3) is 0 Å². The third kappa shape index (κ3) is 3.28. The van der Waals surface area contributed by atoms with Gasteiger partial charge in [0.15, 0.2) is 13.9 Å². The minimum Gasteiger partial charge on any atom is -0.311 e.